The Hall–Kier alpha value is -0.240. The van der Waals surface area contributed by atoms with E-state index in [0.29, 0.717) is 5.92 Å². The summed E-state index contributed by atoms with van der Waals surface area (Å²) in [4.78, 5) is 4.17. The van der Waals surface area contributed by atoms with Crippen molar-refractivity contribution in [3.63, 3.8) is 0 Å². The Morgan fingerprint density at radius 3 is 2.82 bits per heavy atom. The van der Waals surface area contributed by atoms with Crippen molar-refractivity contribution in [3.05, 3.63) is 11.6 Å². The smallest absolute Gasteiger partial charge is 0.0550 e. The van der Waals surface area contributed by atoms with Gasteiger partial charge in [0, 0.05) is 12.4 Å². The van der Waals surface area contributed by atoms with Crippen LogP contribution in [0.2, 0.25) is 0 Å². The van der Waals surface area contributed by atoms with Crippen molar-refractivity contribution in [1.29, 1.82) is 0 Å². The molecule has 1 nitrogen and oxygen atoms in total. The molecule has 0 bridgehead atoms. The van der Waals surface area contributed by atoms with E-state index in [-0.39, 0.29) is 4.75 Å². The van der Waals surface area contributed by atoms with E-state index in [9.17, 15) is 0 Å². The molecule has 0 amide bonds. The minimum Gasteiger partial charge on any atom is -0.267 e. The lowest BCUT2D eigenvalue weighted by atomic mass is 9.93. The summed E-state index contributed by atoms with van der Waals surface area (Å²) in [6, 6.07) is 0. The Labute approximate surface area is 73.0 Å². The van der Waals surface area contributed by atoms with Crippen molar-refractivity contribution in [2.24, 2.45) is 10.9 Å². The first kappa shape index (κ1) is 8.85. The molecule has 0 spiro atoms. The Balaban J connectivity index is 2.67. The van der Waals surface area contributed by atoms with Crippen molar-refractivity contribution < 1.29 is 0 Å². The molecule has 0 fully saturated rings. The minimum absolute atomic E-state index is 0.226. The molecule has 0 aromatic rings. The largest absolute Gasteiger partial charge is 0.267 e. The Bertz CT molecular complexity index is 186. The first-order valence-corrected chi connectivity index (χ1v) is 4.94. The lowest BCUT2D eigenvalue weighted by molar-refractivity contribution is 0.510. The van der Waals surface area contributed by atoms with Crippen LogP contribution < -0.4 is 0 Å². The highest BCUT2D eigenvalue weighted by Crippen LogP contribution is 2.35. The van der Waals surface area contributed by atoms with Gasteiger partial charge in [-0.05, 0) is 18.2 Å². The number of rotatable bonds is 2. The van der Waals surface area contributed by atoms with E-state index in [1.807, 2.05) is 18.0 Å². The van der Waals surface area contributed by atoms with Gasteiger partial charge >= 0.3 is 0 Å². The quantitative estimate of drug-likeness (QED) is 0.619. The number of hydrogen-bond donors (Lipinski definition) is 0. The van der Waals surface area contributed by atoms with Crippen LogP contribution >= 0.6 is 11.8 Å². The molecule has 1 aliphatic heterocycles. The minimum atomic E-state index is 0.226. The fourth-order valence-electron chi connectivity index (χ4n) is 1.08. The number of hydrogen-bond acceptors (Lipinski definition) is 2. The van der Waals surface area contributed by atoms with Crippen molar-refractivity contribution in [1.82, 2.24) is 0 Å². The highest BCUT2D eigenvalue weighted by Gasteiger charge is 2.28. The zero-order valence-corrected chi connectivity index (χ0v) is 8.19. The topological polar surface area (TPSA) is 12.4 Å². The van der Waals surface area contributed by atoms with E-state index >= 15 is 0 Å². The van der Waals surface area contributed by atoms with Gasteiger partial charge < -0.3 is 0 Å². The molecule has 0 saturated heterocycles. The molecule has 11 heavy (non-hydrogen) atoms. The average molecular weight is 169 g/mol. The third-order valence-electron chi connectivity index (χ3n) is 2.39. The normalized spacial score (nSPS) is 32.3. The molecule has 2 heteroatoms. The van der Waals surface area contributed by atoms with Crippen LogP contribution in [-0.2, 0) is 0 Å². The molecule has 1 heterocycles. The SMILES string of the molecule is CCC(C)C1(C)C=NC=CS1. The summed E-state index contributed by atoms with van der Waals surface area (Å²) in [5.74, 6) is 0.696. The maximum atomic E-state index is 4.17. The van der Waals surface area contributed by atoms with Crippen LogP contribution in [0.3, 0.4) is 0 Å². The molecule has 0 N–H and O–H groups in total. The van der Waals surface area contributed by atoms with Gasteiger partial charge in [0.15, 0.2) is 0 Å². The van der Waals surface area contributed by atoms with Gasteiger partial charge in [0.05, 0.1) is 4.75 Å². The summed E-state index contributed by atoms with van der Waals surface area (Å²) >= 11 is 1.87. The van der Waals surface area contributed by atoms with Crippen molar-refractivity contribution >= 4 is 18.0 Å². The molecule has 0 aromatic carbocycles. The van der Waals surface area contributed by atoms with Gasteiger partial charge in [-0.2, -0.15) is 0 Å². The first-order chi connectivity index (χ1) is 5.19. The molecule has 62 valence electrons. The molecule has 2 atom stereocenters. The van der Waals surface area contributed by atoms with Crippen LogP contribution in [0, 0.1) is 5.92 Å². The maximum Gasteiger partial charge on any atom is 0.0550 e. The number of aliphatic imine (C=N–C) groups is 1. The van der Waals surface area contributed by atoms with Gasteiger partial charge in [0.1, 0.15) is 0 Å². The van der Waals surface area contributed by atoms with Crippen LogP contribution in [0.25, 0.3) is 0 Å². The molecule has 0 radical (unpaired) electrons. The fraction of sp³-hybridized carbons (Fsp3) is 0.667. The highest BCUT2D eigenvalue weighted by molar-refractivity contribution is 8.04. The Kier molecular flexibility index (Phi) is 2.77. The predicted molar refractivity (Wildman–Crippen MR) is 53.1 cm³/mol. The molecule has 0 saturated carbocycles. The molecule has 0 aromatic heterocycles. The van der Waals surface area contributed by atoms with Gasteiger partial charge in [-0.3, -0.25) is 4.99 Å². The molecule has 2 unspecified atom stereocenters. The summed E-state index contributed by atoms with van der Waals surface area (Å²) in [7, 11) is 0. The zero-order chi connectivity index (χ0) is 8.32. The van der Waals surface area contributed by atoms with Gasteiger partial charge in [-0.25, -0.2) is 0 Å². The van der Waals surface area contributed by atoms with Crippen LogP contribution in [0.1, 0.15) is 27.2 Å². The second-order valence-corrected chi connectivity index (χ2v) is 4.56. The van der Waals surface area contributed by atoms with Crippen molar-refractivity contribution in [3.8, 4) is 0 Å². The molecular weight excluding hydrogens is 154 g/mol. The van der Waals surface area contributed by atoms with Gasteiger partial charge in [0.2, 0.25) is 0 Å². The summed E-state index contributed by atoms with van der Waals surface area (Å²) in [6.07, 6.45) is 5.13. The lowest BCUT2D eigenvalue weighted by Crippen LogP contribution is -2.30. The van der Waals surface area contributed by atoms with Crippen LogP contribution in [0.15, 0.2) is 16.6 Å². The summed E-state index contributed by atoms with van der Waals surface area (Å²) in [6.45, 7) is 6.75. The maximum absolute atomic E-state index is 4.17. The van der Waals surface area contributed by atoms with E-state index in [2.05, 4.69) is 37.4 Å². The van der Waals surface area contributed by atoms with Crippen molar-refractivity contribution in [2.45, 2.75) is 31.9 Å². The summed E-state index contributed by atoms with van der Waals surface area (Å²) in [5, 5.41) is 2.08. The molecule has 0 aliphatic carbocycles. The zero-order valence-electron chi connectivity index (χ0n) is 7.37. The number of thioether (sulfide) groups is 1. The standard InChI is InChI=1S/C9H15NS/c1-4-8(2)9(3)7-10-5-6-11-9/h5-8H,4H2,1-3H3. The predicted octanol–water partition coefficient (Wildman–Crippen LogP) is 3.08. The molecule has 1 aliphatic rings. The van der Waals surface area contributed by atoms with E-state index in [1.165, 1.54) is 6.42 Å². The van der Waals surface area contributed by atoms with Crippen molar-refractivity contribution in [2.75, 3.05) is 0 Å². The third kappa shape index (κ3) is 1.86. The van der Waals surface area contributed by atoms with Gasteiger partial charge in [-0.15, -0.1) is 11.8 Å². The molecule has 1 rings (SSSR count). The average Bonchev–Trinajstić information content (AvgIpc) is 2.04. The summed E-state index contributed by atoms with van der Waals surface area (Å²) in [5.41, 5.74) is 0. The van der Waals surface area contributed by atoms with E-state index in [1.54, 1.807) is 0 Å². The van der Waals surface area contributed by atoms with Crippen LogP contribution in [-0.4, -0.2) is 11.0 Å². The van der Waals surface area contributed by atoms with Gasteiger partial charge in [0.25, 0.3) is 0 Å². The Morgan fingerprint density at radius 2 is 2.36 bits per heavy atom. The fourth-order valence-corrected chi connectivity index (χ4v) is 2.03. The number of nitrogens with zero attached hydrogens (tertiary/aromatic N) is 1. The van der Waals surface area contributed by atoms with Gasteiger partial charge in [-0.1, -0.05) is 20.3 Å². The van der Waals surface area contributed by atoms with E-state index in [4.69, 9.17) is 0 Å². The monoisotopic (exact) mass is 169 g/mol. The van der Waals surface area contributed by atoms with Crippen LogP contribution in [0.4, 0.5) is 0 Å². The highest BCUT2D eigenvalue weighted by atomic mass is 32.2. The first-order valence-electron chi connectivity index (χ1n) is 4.06. The third-order valence-corrected chi connectivity index (χ3v) is 3.66. The van der Waals surface area contributed by atoms with E-state index < -0.39 is 0 Å². The van der Waals surface area contributed by atoms with Crippen LogP contribution in [0.5, 0.6) is 0 Å². The Morgan fingerprint density at radius 1 is 1.64 bits per heavy atom. The molecular formula is C9H15NS. The van der Waals surface area contributed by atoms with E-state index in [0.717, 1.165) is 0 Å². The summed E-state index contributed by atoms with van der Waals surface area (Å²) < 4.78 is 0.226. The second kappa shape index (κ2) is 3.44. The second-order valence-electron chi connectivity index (χ2n) is 3.17. The lowest BCUT2D eigenvalue weighted by Gasteiger charge is -2.30.